The van der Waals surface area contributed by atoms with E-state index in [0.717, 1.165) is 11.3 Å². The molecule has 0 saturated carbocycles. The fraction of sp³-hybridized carbons (Fsp3) is 0.100. The average Bonchev–Trinajstić information content (AvgIpc) is 2.30. The lowest BCUT2D eigenvalue weighted by Crippen LogP contribution is -1.98. The van der Waals surface area contributed by atoms with Gasteiger partial charge in [-0.3, -0.25) is 0 Å². The molecule has 5 heteroatoms. The molecular formula is C10H10N4O. The zero-order valence-corrected chi connectivity index (χ0v) is 8.21. The smallest absolute Gasteiger partial charge is 0.240 e. The monoisotopic (exact) mass is 202 g/mol. The minimum absolute atomic E-state index is 0.161. The van der Waals surface area contributed by atoms with E-state index in [-0.39, 0.29) is 5.95 Å². The molecule has 0 aliphatic heterocycles. The third kappa shape index (κ3) is 1.85. The number of para-hydroxylation sites is 1. The number of ether oxygens (including phenoxy) is 1. The van der Waals surface area contributed by atoms with Crippen molar-refractivity contribution in [2.45, 2.75) is 0 Å². The molecule has 1 aromatic carbocycles. The van der Waals surface area contributed by atoms with Crippen LogP contribution in [0.3, 0.4) is 0 Å². The maximum Gasteiger partial charge on any atom is 0.240 e. The summed E-state index contributed by atoms with van der Waals surface area (Å²) in [6.07, 6.45) is 1.57. The zero-order valence-electron chi connectivity index (χ0n) is 8.21. The van der Waals surface area contributed by atoms with Crippen LogP contribution in [0.15, 0.2) is 30.5 Å². The standard InChI is InChI=1S/C10H10N4O/c1-15-9-5-3-2-4-7(9)8-6-12-10(11)14-13-8/h2-6H,1H3,(H2,11,12,14). The molecule has 2 aromatic rings. The molecule has 2 N–H and O–H groups in total. The van der Waals surface area contributed by atoms with Crippen LogP contribution in [0.5, 0.6) is 5.75 Å². The van der Waals surface area contributed by atoms with Gasteiger partial charge in [-0.15, -0.1) is 10.2 Å². The molecule has 0 spiro atoms. The van der Waals surface area contributed by atoms with E-state index in [2.05, 4.69) is 15.2 Å². The Morgan fingerprint density at radius 3 is 2.67 bits per heavy atom. The molecule has 0 aliphatic carbocycles. The van der Waals surface area contributed by atoms with Crippen molar-refractivity contribution in [3.05, 3.63) is 30.5 Å². The normalized spacial score (nSPS) is 9.93. The number of rotatable bonds is 2. The summed E-state index contributed by atoms with van der Waals surface area (Å²) in [6, 6.07) is 7.53. The summed E-state index contributed by atoms with van der Waals surface area (Å²) < 4.78 is 5.20. The van der Waals surface area contributed by atoms with E-state index < -0.39 is 0 Å². The Bertz CT molecular complexity index is 455. The topological polar surface area (TPSA) is 73.9 Å². The molecule has 1 heterocycles. The van der Waals surface area contributed by atoms with E-state index in [1.807, 2.05) is 24.3 Å². The molecule has 0 atom stereocenters. The molecule has 0 saturated heterocycles. The van der Waals surface area contributed by atoms with Crippen molar-refractivity contribution in [1.82, 2.24) is 15.2 Å². The Hall–Kier alpha value is -2.17. The highest BCUT2D eigenvalue weighted by Gasteiger charge is 2.06. The van der Waals surface area contributed by atoms with Crippen LogP contribution >= 0.6 is 0 Å². The number of anilines is 1. The van der Waals surface area contributed by atoms with Gasteiger partial charge in [-0.2, -0.15) is 0 Å². The van der Waals surface area contributed by atoms with Gasteiger partial charge in [0.05, 0.1) is 13.3 Å². The van der Waals surface area contributed by atoms with Crippen molar-refractivity contribution in [3.63, 3.8) is 0 Å². The Morgan fingerprint density at radius 1 is 1.20 bits per heavy atom. The zero-order chi connectivity index (χ0) is 10.7. The van der Waals surface area contributed by atoms with Gasteiger partial charge in [0.25, 0.3) is 0 Å². The SMILES string of the molecule is COc1ccccc1-c1cnc(N)nn1. The molecule has 0 fully saturated rings. The number of aromatic nitrogens is 3. The van der Waals surface area contributed by atoms with E-state index in [9.17, 15) is 0 Å². The van der Waals surface area contributed by atoms with Gasteiger partial charge < -0.3 is 10.5 Å². The van der Waals surface area contributed by atoms with E-state index in [0.29, 0.717) is 5.69 Å². The summed E-state index contributed by atoms with van der Waals surface area (Å²) >= 11 is 0. The van der Waals surface area contributed by atoms with Gasteiger partial charge >= 0.3 is 0 Å². The van der Waals surface area contributed by atoms with Crippen molar-refractivity contribution in [2.24, 2.45) is 0 Å². The van der Waals surface area contributed by atoms with Crippen LogP contribution in [0.2, 0.25) is 0 Å². The molecule has 0 amide bonds. The van der Waals surface area contributed by atoms with Gasteiger partial charge in [0.15, 0.2) is 0 Å². The summed E-state index contributed by atoms with van der Waals surface area (Å²) in [5, 5.41) is 7.63. The molecule has 0 aliphatic rings. The number of methoxy groups -OCH3 is 1. The van der Waals surface area contributed by atoms with Gasteiger partial charge in [-0.1, -0.05) is 12.1 Å². The maximum absolute atomic E-state index is 5.36. The van der Waals surface area contributed by atoms with Crippen LogP contribution in [0.4, 0.5) is 5.95 Å². The van der Waals surface area contributed by atoms with Crippen molar-refractivity contribution in [2.75, 3.05) is 12.8 Å². The summed E-state index contributed by atoms with van der Waals surface area (Å²) in [4.78, 5) is 3.88. The lowest BCUT2D eigenvalue weighted by Gasteiger charge is -2.05. The quantitative estimate of drug-likeness (QED) is 0.790. The van der Waals surface area contributed by atoms with Gasteiger partial charge in [0, 0.05) is 5.56 Å². The first kappa shape index (κ1) is 9.39. The third-order valence-corrected chi connectivity index (χ3v) is 1.96. The van der Waals surface area contributed by atoms with Crippen LogP contribution in [-0.2, 0) is 0 Å². The molecule has 5 nitrogen and oxygen atoms in total. The number of nitrogens with two attached hydrogens (primary N) is 1. The fourth-order valence-electron chi connectivity index (χ4n) is 1.26. The predicted octanol–water partition coefficient (Wildman–Crippen LogP) is 1.13. The van der Waals surface area contributed by atoms with Crippen LogP contribution in [-0.4, -0.2) is 22.3 Å². The van der Waals surface area contributed by atoms with Gasteiger partial charge in [-0.25, -0.2) is 4.98 Å². The van der Waals surface area contributed by atoms with E-state index >= 15 is 0 Å². The largest absolute Gasteiger partial charge is 0.496 e. The van der Waals surface area contributed by atoms with Crippen LogP contribution in [0.1, 0.15) is 0 Å². The number of benzene rings is 1. The van der Waals surface area contributed by atoms with Crippen LogP contribution < -0.4 is 10.5 Å². The maximum atomic E-state index is 5.36. The second kappa shape index (κ2) is 3.91. The summed E-state index contributed by atoms with van der Waals surface area (Å²) in [6.45, 7) is 0. The van der Waals surface area contributed by atoms with Crippen molar-refractivity contribution in [1.29, 1.82) is 0 Å². The van der Waals surface area contributed by atoms with Gasteiger partial charge in [0.2, 0.25) is 5.95 Å². The highest BCUT2D eigenvalue weighted by Crippen LogP contribution is 2.26. The first-order valence-corrected chi connectivity index (χ1v) is 4.40. The Balaban J connectivity index is 2.49. The first-order chi connectivity index (χ1) is 7.31. The Kier molecular flexibility index (Phi) is 2.45. The Labute approximate surface area is 86.9 Å². The average molecular weight is 202 g/mol. The molecule has 76 valence electrons. The molecule has 0 radical (unpaired) electrons. The second-order valence-electron chi connectivity index (χ2n) is 2.90. The molecule has 0 unspecified atom stereocenters. The number of hydrogen-bond acceptors (Lipinski definition) is 5. The van der Waals surface area contributed by atoms with Crippen molar-refractivity contribution in [3.8, 4) is 17.0 Å². The summed E-state index contributed by atoms with van der Waals surface area (Å²) in [5.74, 6) is 0.895. The Morgan fingerprint density at radius 2 is 2.00 bits per heavy atom. The fourth-order valence-corrected chi connectivity index (χ4v) is 1.26. The highest BCUT2D eigenvalue weighted by molar-refractivity contribution is 5.66. The number of nitrogens with zero attached hydrogens (tertiary/aromatic N) is 3. The molecule has 0 bridgehead atoms. The van der Waals surface area contributed by atoms with Gasteiger partial charge in [-0.05, 0) is 12.1 Å². The number of hydrogen-bond donors (Lipinski definition) is 1. The third-order valence-electron chi connectivity index (χ3n) is 1.96. The van der Waals surface area contributed by atoms with E-state index in [1.165, 1.54) is 0 Å². The van der Waals surface area contributed by atoms with Gasteiger partial charge in [0.1, 0.15) is 11.4 Å². The van der Waals surface area contributed by atoms with Crippen LogP contribution in [0.25, 0.3) is 11.3 Å². The van der Waals surface area contributed by atoms with E-state index in [1.54, 1.807) is 13.3 Å². The predicted molar refractivity (Wildman–Crippen MR) is 56.2 cm³/mol. The van der Waals surface area contributed by atoms with Crippen molar-refractivity contribution < 1.29 is 4.74 Å². The molecule has 15 heavy (non-hydrogen) atoms. The first-order valence-electron chi connectivity index (χ1n) is 4.40. The van der Waals surface area contributed by atoms with Crippen molar-refractivity contribution >= 4 is 5.95 Å². The molecule has 1 aromatic heterocycles. The minimum atomic E-state index is 0.161. The second-order valence-corrected chi connectivity index (χ2v) is 2.90. The number of nitrogen functional groups attached to an aromatic ring is 1. The lowest BCUT2D eigenvalue weighted by atomic mass is 10.1. The highest BCUT2D eigenvalue weighted by atomic mass is 16.5. The summed E-state index contributed by atoms with van der Waals surface area (Å²) in [5.41, 5.74) is 6.85. The van der Waals surface area contributed by atoms with E-state index in [4.69, 9.17) is 10.5 Å². The minimum Gasteiger partial charge on any atom is -0.496 e. The molecular weight excluding hydrogens is 192 g/mol. The molecule has 2 rings (SSSR count). The summed E-state index contributed by atoms with van der Waals surface area (Å²) in [7, 11) is 1.61. The van der Waals surface area contributed by atoms with Crippen LogP contribution in [0, 0.1) is 0 Å². The lowest BCUT2D eigenvalue weighted by molar-refractivity contribution is 0.416.